The first-order valence-electron chi connectivity index (χ1n) is 4.81. The zero-order valence-electron chi connectivity index (χ0n) is 8.28. The Morgan fingerprint density at radius 1 is 1.50 bits per heavy atom. The highest BCUT2D eigenvalue weighted by Gasteiger charge is 2.29. The van der Waals surface area contributed by atoms with E-state index in [1.54, 1.807) is 0 Å². The van der Waals surface area contributed by atoms with Gasteiger partial charge in [-0.25, -0.2) is 0 Å². The lowest BCUT2D eigenvalue weighted by Crippen LogP contribution is -2.17. The summed E-state index contributed by atoms with van der Waals surface area (Å²) in [6.07, 6.45) is 2.22. The number of hydrogen-bond donors (Lipinski definition) is 1. The van der Waals surface area contributed by atoms with E-state index in [0.717, 1.165) is 12.8 Å². The van der Waals surface area contributed by atoms with Crippen molar-refractivity contribution in [3.8, 4) is 0 Å². The topological polar surface area (TPSA) is 68.0 Å². The molecule has 1 amide bonds. The maximum absolute atomic E-state index is 11.3. The number of amides is 1. The van der Waals surface area contributed by atoms with E-state index >= 15 is 0 Å². The van der Waals surface area contributed by atoms with Crippen molar-refractivity contribution in [2.24, 2.45) is 5.92 Å². The Labute approximate surface area is 81.9 Å². The first kappa shape index (κ1) is 9.18. The average molecular weight is 195 g/mol. The van der Waals surface area contributed by atoms with Crippen LogP contribution in [0.5, 0.6) is 0 Å². The fourth-order valence-corrected chi connectivity index (χ4v) is 1.03. The summed E-state index contributed by atoms with van der Waals surface area (Å²) in [5, 5.41) is 10.2. The molecule has 1 aromatic heterocycles. The van der Waals surface area contributed by atoms with E-state index in [2.05, 4.69) is 15.5 Å². The summed E-state index contributed by atoms with van der Waals surface area (Å²) >= 11 is 0. The molecule has 0 atom stereocenters. The molecule has 0 spiro atoms. The SMILES string of the molecule is CC(C)C(=O)Nc1nnc(C2CC2)o1. The summed E-state index contributed by atoms with van der Waals surface area (Å²) in [5.41, 5.74) is 0. The zero-order valence-corrected chi connectivity index (χ0v) is 8.28. The van der Waals surface area contributed by atoms with Gasteiger partial charge >= 0.3 is 6.01 Å². The summed E-state index contributed by atoms with van der Waals surface area (Å²) in [4.78, 5) is 11.3. The fraction of sp³-hybridized carbons (Fsp3) is 0.667. The average Bonchev–Trinajstić information content (AvgIpc) is 2.88. The number of nitrogens with zero attached hydrogens (tertiary/aromatic N) is 2. The van der Waals surface area contributed by atoms with Gasteiger partial charge in [0, 0.05) is 11.8 Å². The lowest BCUT2D eigenvalue weighted by atomic mass is 10.2. The molecule has 0 aliphatic heterocycles. The minimum absolute atomic E-state index is 0.0775. The highest BCUT2D eigenvalue weighted by Crippen LogP contribution is 2.39. The van der Waals surface area contributed by atoms with Crippen molar-refractivity contribution in [1.29, 1.82) is 0 Å². The number of aromatic nitrogens is 2. The van der Waals surface area contributed by atoms with Crippen molar-refractivity contribution in [3.05, 3.63) is 5.89 Å². The Kier molecular flexibility index (Phi) is 2.23. The third kappa shape index (κ3) is 1.92. The van der Waals surface area contributed by atoms with Gasteiger partial charge in [-0.1, -0.05) is 18.9 Å². The smallest absolute Gasteiger partial charge is 0.322 e. The van der Waals surface area contributed by atoms with Gasteiger partial charge in [-0.3, -0.25) is 10.1 Å². The second-order valence-electron chi connectivity index (χ2n) is 3.86. The minimum Gasteiger partial charge on any atom is -0.408 e. The van der Waals surface area contributed by atoms with Gasteiger partial charge in [0.05, 0.1) is 0 Å². The largest absolute Gasteiger partial charge is 0.408 e. The van der Waals surface area contributed by atoms with E-state index < -0.39 is 0 Å². The predicted octanol–water partition coefficient (Wildman–Crippen LogP) is 1.54. The van der Waals surface area contributed by atoms with Gasteiger partial charge in [-0.2, -0.15) is 0 Å². The normalized spacial score (nSPS) is 15.9. The molecule has 14 heavy (non-hydrogen) atoms. The lowest BCUT2D eigenvalue weighted by molar-refractivity contribution is -0.119. The van der Waals surface area contributed by atoms with Crippen molar-refractivity contribution in [3.63, 3.8) is 0 Å². The Hall–Kier alpha value is -1.39. The lowest BCUT2D eigenvalue weighted by Gasteiger charge is -2.01. The minimum atomic E-state index is -0.101. The Morgan fingerprint density at radius 3 is 2.79 bits per heavy atom. The van der Waals surface area contributed by atoms with E-state index in [9.17, 15) is 4.79 Å². The summed E-state index contributed by atoms with van der Waals surface area (Å²) in [6, 6.07) is 0.214. The molecule has 1 aliphatic carbocycles. The van der Waals surface area contributed by atoms with Crippen LogP contribution in [-0.4, -0.2) is 16.1 Å². The number of anilines is 1. The van der Waals surface area contributed by atoms with Crippen LogP contribution in [0.25, 0.3) is 0 Å². The molecular formula is C9H13N3O2. The number of rotatable bonds is 3. The van der Waals surface area contributed by atoms with E-state index in [-0.39, 0.29) is 17.8 Å². The van der Waals surface area contributed by atoms with Crippen LogP contribution >= 0.6 is 0 Å². The van der Waals surface area contributed by atoms with Crippen LogP contribution in [0.4, 0.5) is 6.01 Å². The Balaban J connectivity index is 1.99. The van der Waals surface area contributed by atoms with Crippen LogP contribution < -0.4 is 5.32 Å². The highest BCUT2D eigenvalue weighted by molar-refractivity contribution is 5.89. The van der Waals surface area contributed by atoms with Gasteiger partial charge in [-0.05, 0) is 12.8 Å². The summed E-state index contributed by atoms with van der Waals surface area (Å²) < 4.78 is 5.27. The molecule has 0 bridgehead atoms. The number of hydrogen-bond acceptors (Lipinski definition) is 4. The van der Waals surface area contributed by atoms with Crippen molar-refractivity contribution in [2.45, 2.75) is 32.6 Å². The Morgan fingerprint density at radius 2 is 2.21 bits per heavy atom. The first-order chi connectivity index (χ1) is 6.66. The van der Waals surface area contributed by atoms with Crippen molar-refractivity contribution < 1.29 is 9.21 Å². The fourth-order valence-electron chi connectivity index (χ4n) is 1.03. The molecule has 1 aliphatic rings. The molecule has 5 heteroatoms. The third-order valence-corrected chi connectivity index (χ3v) is 2.12. The van der Waals surface area contributed by atoms with E-state index in [4.69, 9.17) is 4.42 Å². The summed E-state index contributed by atoms with van der Waals surface area (Å²) in [5.74, 6) is 0.888. The second kappa shape index (κ2) is 3.40. The molecular weight excluding hydrogens is 182 g/mol. The van der Waals surface area contributed by atoms with Crippen LogP contribution in [0.2, 0.25) is 0 Å². The highest BCUT2D eigenvalue weighted by atomic mass is 16.4. The monoisotopic (exact) mass is 195 g/mol. The second-order valence-corrected chi connectivity index (χ2v) is 3.86. The number of carbonyl (C=O) groups is 1. The van der Waals surface area contributed by atoms with Gasteiger partial charge in [0.25, 0.3) is 0 Å². The summed E-state index contributed by atoms with van der Waals surface area (Å²) in [6.45, 7) is 3.63. The molecule has 1 fully saturated rings. The molecule has 1 N–H and O–H groups in total. The molecule has 2 rings (SSSR count). The zero-order chi connectivity index (χ0) is 10.1. The van der Waals surface area contributed by atoms with Crippen LogP contribution in [0.15, 0.2) is 4.42 Å². The molecule has 5 nitrogen and oxygen atoms in total. The van der Waals surface area contributed by atoms with Gasteiger partial charge in [0.2, 0.25) is 11.8 Å². The van der Waals surface area contributed by atoms with Gasteiger partial charge in [0.15, 0.2) is 0 Å². The van der Waals surface area contributed by atoms with Crippen LogP contribution in [0, 0.1) is 5.92 Å². The number of carbonyl (C=O) groups excluding carboxylic acids is 1. The quantitative estimate of drug-likeness (QED) is 0.794. The van der Waals surface area contributed by atoms with E-state index in [0.29, 0.717) is 11.8 Å². The standard InChI is InChI=1S/C9H13N3O2/c1-5(2)7(13)10-9-12-11-8(14-9)6-3-4-6/h5-6H,3-4H2,1-2H3,(H,10,12,13). The molecule has 1 aromatic rings. The third-order valence-electron chi connectivity index (χ3n) is 2.12. The molecule has 0 unspecified atom stereocenters. The maximum Gasteiger partial charge on any atom is 0.322 e. The first-order valence-corrected chi connectivity index (χ1v) is 4.81. The van der Waals surface area contributed by atoms with Gasteiger partial charge < -0.3 is 4.42 Å². The van der Waals surface area contributed by atoms with Crippen molar-refractivity contribution >= 4 is 11.9 Å². The molecule has 0 aromatic carbocycles. The molecule has 0 saturated heterocycles. The predicted molar refractivity (Wildman–Crippen MR) is 49.7 cm³/mol. The van der Waals surface area contributed by atoms with E-state index in [1.807, 2.05) is 13.8 Å². The molecule has 1 saturated carbocycles. The Bertz CT molecular complexity index is 342. The van der Waals surface area contributed by atoms with Crippen LogP contribution in [0.3, 0.4) is 0 Å². The molecule has 1 heterocycles. The maximum atomic E-state index is 11.3. The van der Waals surface area contributed by atoms with Crippen molar-refractivity contribution in [2.75, 3.05) is 5.32 Å². The van der Waals surface area contributed by atoms with Crippen molar-refractivity contribution in [1.82, 2.24) is 10.2 Å². The molecule has 76 valence electrons. The van der Waals surface area contributed by atoms with E-state index in [1.165, 1.54) is 0 Å². The van der Waals surface area contributed by atoms with Gasteiger partial charge in [0.1, 0.15) is 0 Å². The summed E-state index contributed by atoms with van der Waals surface area (Å²) in [7, 11) is 0. The van der Waals surface area contributed by atoms with Crippen LogP contribution in [-0.2, 0) is 4.79 Å². The molecule has 0 radical (unpaired) electrons. The van der Waals surface area contributed by atoms with Crippen LogP contribution in [0.1, 0.15) is 38.5 Å². The number of nitrogens with one attached hydrogen (secondary N) is 1. The van der Waals surface area contributed by atoms with Gasteiger partial charge in [-0.15, -0.1) is 5.10 Å².